The molecule has 1 aromatic carbocycles. The van der Waals surface area contributed by atoms with Crippen LogP contribution in [0.1, 0.15) is 36.1 Å². The molecule has 0 aliphatic carbocycles. The minimum Gasteiger partial charge on any atom is -0.465 e. The average molecular weight is 514 g/mol. The number of aromatic nitrogens is 3. The fraction of sp³-hybridized carbons (Fsp3) is 0.381. The highest BCUT2D eigenvalue weighted by Gasteiger charge is 2.40. The van der Waals surface area contributed by atoms with Gasteiger partial charge in [-0.1, -0.05) is 25.4 Å². The van der Waals surface area contributed by atoms with Crippen LogP contribution in [0.5, 0.6) is 5.88 Å². The molecule has 4 rings (SSSR count). The highest BCUT2D eigenvalue weighted by atomic mass is 79.9. The van der Waals surface area contributed by atoms with Crippen molar-refractivity contribution < 1.29 is 28.3 Å². The number of carbonyl (C=O) groups excluding carboxylic acids is 1. The van der Waals surface area contributed by atoms with Crippen LogP contribution >= 0.6 is 27.5 Å². The van der Waals surface area contributed by atoms with E-state index < -0.39 is 11.8 Å². The number of hydrogen-bond acceptors (Lipinski definition) is 5. The van der Waals surface area contributed by atoms with E-state index in [9.17, 15) is 14.3 Å². The Balaban J connectivity index is 1.94. The first-order chi connectivity index (χ1) is 14.6. The van der Waals surface area contributed by atoms with Crippen LogP contribution in [0.3, 0.4) is 0 Å². The molecule has 3 aromatic rings. The Morgan fingerprint density at radius 3 is 2.87 bits per heavy atom. The lowest BCUT2D eigenvalue weighted by atomic mass is 9.87. The van der Waals surface area contributed by atoms with Crippen LogP contribution in [-0.2, 0) is 16.0 Å². The van der Waals surface area contributed by atoms with Crippen molar-refractivity contribution in [1.82, 2.24) is 9.55 Å². The normalized spacial score (nSPS) is 17.9. The van der Waals surface area contributed by atoms with E-state index in [1.165, 1.54) is 17.7 Å². The van der Waals surface area contributed by atoms with Gasteiger partial charge in [0.25, 0.3) is 0 Å². The molecule has 0 amide bonds. The van der Waals surface area contributed by atoms with Crippen molar-refractivity contribution in [1.29, 1.82) is 0 Å². The van der Waals surface area contributed by atoms with Crippen molar-refractivity contribution >= 4 is 44.5 Å². The Morgan fingerprint density at radius 2 is 2.23 bits per heavy atom. The number of imidazole rings is 1. The molecule has 0 bridgehead atoms. The minimum absolute atomic E-state index is 0.0347. The van der Waals surface area contributed by atoms with Crippen molar-refractivity contribution in [3.8, 4) is 5.88 Å². The fourth-order valence-electron chi connectivity index (χ4n) is 3.88. The van der Waals surface area contributed by atoms with Crippen molar-refractivity contribution in [2.75, 3.05) is 20.3 Å². The molecule has 3 heterocycles. The Kier molecular flexibility index (Phi) is 5.70. The van der Waals surface area contributed by atoms with Crippen LogP contribution < -0.4 is 4.57 Å². The lowest BCUT2D eigenvalue weighted by Gasteiger charge is -2.27. The zero-order valence-corrected chi connectivity index (χ0v) is 19.5. The highest BCUT2D eigenvalue weighted by molar-refractivity contribution is 9.10. The maximum Gasteiger partial charge on any atom is 0.366 e. The number of carbonyl (C=O) groups is 1. The first kappa shape index (κ1) is 22.0. The number of halogens is 3. The summed E-state index contributed by atoms with van der Waals surface area (Å²) in [6.07, 6.45) is 1.57. The van der Waals surface area contributed by atoms with Gasteiger partial charge in [0.1, 0.15) is 10.5 Å². The van der Waals surface area contributed by atoms with E-state index in [1.807, 2.05) is 4.57 Å². The predicted octanol–water partition coefficient (Wildman–Crippen LogP) is 4.02. The summed E-state index contributed by atoms with van der Waals surface area (Å²) < 4.78 is 29.4. The van der Waals surface area contributed by atoms with Gasteiger partial charge in [0, 0.05) is 5.41 Å². The molecule has 31 heavy (non-hydrogen) atoms. The van der Waals surface area contributed by atoms with E-state index in [0.29, 0.717) is 34.1 Å². The first-order valence-electron chi connectivity index (χ1n) is 9.56. The Hall–Kier alpha value is -2.23. The third kappa shape index (κ3) is 3.90. The van der Waals surface area contributed by atoms with Crippen LogP contribution in [0.15, 0.2) is 28.9 Å². The molecule has 0 unspecified atom stereocenters. The Bertz CT molecular complexity index is 1200. The number of nitrogens with zero attached hydrogens (tertiary/aromatic N) is 3. The molecule has 7 nitrogen and oxygen atoms in total. The number of ether oxygens (including phenoxy) is 2. The monoisotopic (exact) mass is 512 g/mol. The van der Waals surface area contributed by atoms with Gasteiger partial charge >= 0.3 is 11.8 Å². The Morgan fingerprint density at radius 1 is 1.48 bits per heavy atom. The van der Waals surface area contributed by atoms with E-state index in [1.54, 1.807) is 12.3 Å². The fourth-order valence-corrected chi connectivity index (χ4v) is 4.36. The maximum atomic E-state index is 15.0. The van der Waals surface area contributed by atoms with E-state index in [2.05, 4.69) is 34.8 Å². The summed E-state index contributed by atoms with van der Waals surface area (Å²) in [5.41, 5.74) is 0.430. The summed E-state index contributed by atoms with van der Waals surface area (Å²) in [5.74, 6) is -0.799. The summed E-state index contributed by atoms with van der Waals surface area (Å²) >= 11 is 9.48. The molecule has 164 valence electrons. The number of fused-ring (bicyclic) bond motifs is 1. The van der Waals surface area contributed by atoms with E-state index >= 15 is 0 Å². The number of esters is 1. The highest BCUT2D eigenvalue weighted by Crippen LogP contribution is 2.40. The third-order valence-electron chi connectivity index (χ3n) is 5.57. The smallest absolute Gasteiger partial charge is 0.366 e. The molecular weight excluding hydrogens is 493 g/mol. The summed E-state index contributed by atoms with van der Waals surface area (Å²) in [5, 5.41) is 10.8. The summed E-state index contributed by atoms with van der Waals surface area (Å²) in [6, 6.07) is 4.02. The second-order valence-corrected chi connectivity index (χ2v) is 9.45. The van der Waals surface area contributed by atoms with E-state index in [4.69, 9.17) is 21.1 Å². The van der Waals surface area contributed by atoms with Crippen LogP contribution in [0.25, 0.3) is 11.0 Å². The number of pyridine rings is 1. The van der Waals surface area contributed by atoms with Gasteiger partial charge in [-0.3, -0.25) is 0 Å². The van der Waals surface area contributed by atoms with Gasteiger partial charge in [0.15, 0.2) is 17.8 Å². The second kappa shape index (κ2) is 8.03. The lowest BCUT2D eigenvalue weighted by Crippen LogP contribution is -2.37. The molecule has 1 fully saturated rings. The number of hydrogen-bond donors (Lipinski definition) is 1. The van der Waals surface area contributed by atoms with Gasteiger partial charge in [-0.15, -0.1) is 0 Å². The van der Waals surface area contributed by atoms with Crippen molar-refractivity contribution in [2.24, 2.45) is 5.41 Å². The zero-order chi connectivity index (χ0) is 22.5. The quantitative estimate of drug-likeness (QED) is 0.421. The van der Waals surface area contributed by atoms with Crippen LogP contribution in [0, 0.1) is 11.2 Å². The van der Waals surface area contributed by atoms with Gasteiger partial charge in [-0.25, -0.2) is 14.2 Å². The SMILES string of the molecule is COC(=O)c1cc(F)c2nc(C[n+]3cc(Cl)c(Br)cc3O)n([C@@H]3COCC3(C)C)c2c1. The maximum absolute atomic E-state index is 15.0. The number of aromatic hydroxyl groups is 1. The molecule has 1 N–H and O–H groups in total. The predicted molar refractivity (Wildman–Crippen MR) is 115 cm³/mol. The standard InChI is InChI=1S/C21H20BrClFN3O4/c1-21(2)10-31-9-16(21)27-15-5-11(20(29)30-3)4-14(24)19(15)25-17(27)8-26-7-13(23)12(22)6-18(26)28/h4-7,16H,8-10H2,1-3H3/p+1/t16-/m1/s1. The summed E-state index contributed by atoms with van der Waals surface area (Å²) in [6.45, 7) is 5.18. The average Bonchev–Trinajstić information content (AvgIpc) is 3.24. The number of methoxy groups -OCH3 is 1. The van der Waals surface area contributed by atoms with Gasteiger partial charge in [0.05, 0.1) is 48.0 Å². The second-order valence-electron chi connectivity index (χ2n) is 8.19. The van der Waals surface area contributed by atoms with Crippen LogP contribution in [-0.4, -0.2) is 41.0 Å². The van der Waals surface area contributed by atoms with Gasteiger partial charge in [-0.2, -0.15) is 4.57 Å². The molecule has 0 spiro atoms. The number of benzene rings is 1. The van der Waals surface area contributed by atoms with Crippen LogP contribution in [0.2, 0.25) is 5.02 Å². The lowest BCUT2D eigenvalue weighted by molar-refractivity contribution is -0.695. The molecule has 2 aromatic heterocycles. The zero-order valence-electron chi connectivity index (χ0n) is 17.2. The minimum atomic E-state index is -0.635. The van der Waals surface area contributed by atoms with Crippen LogP contribution in [0.4, 0.5) is 4.39 Å². The molecule has 1 aliphatic rings. The number of rotatable bonds is 4. The van der Waals surface area contributed by atoms with Gasteiger partial charge in [-0.05, 0) is 28.1 Å². The molecule has 1 saturated heterocycles. The molecule has 0 saturated carbocycles. The van der Waals surface area contributed by atoms with Gasteiger partial charge < -0.3 is 19.1 Å². The Labute approximate surface area is 191 Å². The van der Waals surface area contributed by atoms with Crippen molar-refractivity contribution in [3.05, 3.63) is 51.1 Å². The third-order valence-corrected chi connectivity index (χ3v) is 6.75. The van der Waals surface area contributed by atoms with E-state index in [-0.39, 0.29) is 35.0 Å². The topological polar surface area (TPSA) is 77.5 Å². The molecular formula is C21H21BrClFN3O4+. The molecule has 0 radical (unpaired) electrons. The van der Waals surface area contributed by atoms with Crippen molar-refractivity contribution in [2.45, 2.75) is 26.4 Å². The summed E-state index contributed by atoms with van der Waals surface area (Å²) in [4.78, 5) is 16.6. The van der Waals surface area contributed by atoms with Crippen molar-refractivity contribution in [3.63, 3.8) is 0 Å². The first-order valence-corrected chi connectivity index (χ1v) is 10.7. The molecule has 10 heteroatoms. The largest absolute Gasteiger partial charge is 0.465 e. The molecule has 1 aliphatic heterocycles. The summed E-state index contributed by atoms with van der Waals surface area (Å²) in [7, 11) is 1.25. The van der Waals surface area contributed by atoms with E-state index in [0.717, 1.165) is 6.07 Å². The van der Waals surface area contributed by atoms with Gasteiger partial charge in [0.2, 0.25) is 6.54 Å². The molecule has 1 atom stereocenters.